The molecule has 0 radical (unpaired) electrons. The molecule has 3 rings (SSSR count). The van der Waals surface area contributed by atoms with Crippen LogP contribution in [0.3, 0.4) is 0 Å². The van der Waals surface area contributed by atoms with Crippen LogP contribution in [-0.4, -0.2) is 24.0 Å². The van der Waals surface area contributed by atoms with Gasteiger partial charge < -0.3 is 5.73 Å². The molecule has 1 aliphatic carbocycles. The predicted octanol–water partition coefficient (Wildman–Crippen LogP) is 3.28. The molecule has 3 unspecified atom stereocenters. The van der Waals surface area contributed by atoms with Gasteiger partial charge in [-0.25, -0.2) is 0 Å². The molecule has 112 valence electrons. The van der Waals surface area contributed by atoms with E-state index in [2.05, 4.69) is 36.9 Å². The van der Waals surface area contributed by atoms with Gasteiger partial charge in [0.15, 0.2) is 0 Å². The molecule has 1 heterocycles. The molecular weight excluding hydrogens is 268 g/mol. The van der Waals surface area contributed by atoms with Crippen molar-refractivity contribution in [2.24, 2.45) is 17.6 Å². The summed E-state index contributed by atoms with van der Waals surface area (Å²) in [4.78, 5) is 2.63. The Morgan fingerprint density at radius 1 is 1.20 bits per heavy atom. The highest BCUT2D eigenvalue weighted by molar-refractivity contribution is 5.85. The Morgan fingerprint density at radius 2 is 2.00 bits per heavy atom. The normalized spacial score (nSPS) is 29.9. The molecule has 3 atom stereocenters. The first kappa shape index (κ1) is 15.8. The molecule has 3 heteroatoms. The zero-order chi connectivity index (χ0) is 13.4. The average Bonchev–Trinajstić information content (AvgIpc) is 2.78. The van der Waals surface area contributed by atoms with Gasteiger partial charge in [0, 0.05) is 25.7 Å². The monoisotopic (exact) mass is 294 g/mol. The summed E-state index contributed by atoms with van der Waals surface area (Å²) in [5.74, 6) is 1.60. The van der Waals surface area contributed by atoms with E-state index in [0.717, 1.165) is 18.4 Å². The second-order valence-corrected chi connectivity index (χ2v) is 6.64. The topological polar surface area (TPSA) is 29.3 Å². The molecule has 0 amide bonds. The van der Waals surface area contributed by atoms with Gasteiger partial charge in [0.2, 0.25) is 0 Å². The van der Waals surface area contributed by atoms with Crippen LogP contribution in [0.25, 0.3) is 0 Å². The van der Waals surface area contributed by atoms with Gasteiger partial charge in [-0.05, 0) is 49.7 Å². The number of nitrogens with two attached hydrogens (primary N) is 1. The van der Waals surface area contributed by atoms with Crippen molar-refractivity contribution < 1.29 is 0 Å². The van der Waals surface area contributed by atoms with E-state index in [1.54, 1.807) is 0 Å². The summed E-state index contributed by atoms with van der Waals surface area (Å²) < 4.78 is 0. The maximum Gasteiger partial charge on any atom is 0.0236 e. The molecule has 1 saturated carbocycles. The average molecular weight is 295 g/mol. The van der Waals surface area contributed by atoms with Crippen LogP contribution in [0.1, 0.15) is 36.0 Å². The van der Waals surface area contributed by atoms with E-state index in [1.807, 2.05) is 0 Å². The summed E-state index contributed by atoms with van der Waals surface area (Å²) in [5.41, 5.74) is 10.6. The van der Waals surface area contributed by atoms with Crippen LogP contribution in [0, 0.1) is 25.7 Å². The summed E-state index contributed by atoms with van der Waals surface area (Å²) in [5, 5.41) is 0. The van der Waals surface area contributed by atoms with Crippen LogP contribution in [0.4, 0.5) is 0 Å². The zero-order valence-electron chi connectivity index (χ0n) is 12.6. The van der Waals surface area contributed by atoms with Crippen LogP contribution >= 0.6 is 12.4 Å². The molecule has 1 saturated heterocycles. The van der Waals surface area contributed by atoms with Crippen molar-refractivity contribution in [2.45, 2.75) is 45.7 Å². The number of fused-ring (bicyclic) bond motifs is 1. The number of aryl methyl sites for hydroxylation is 2. The van der Waals surface area contributed by atoms with E-state index in [-0.39, 0.29) is 12.4 Å². The van der Waals surface area contributed by atoms with Gasteiger partial charge in [-0.15, -0.1) is 12.4 Å². The van der Waals surface area contributed by atoms with Crippen molar-refractivity contribution in [3.05, 3.63) is 34.9 Å². The van der Waals surface area contributed by atoms with Crippen LogP contribution < -0.4 is 5.73 Å². The Balaban J connectivity index is 0.00000147. The van der Waals surface area contributed by atoms with E-state index in [9.17, 15) is 0 Å². The number of halogens is 1. The van der Waals surface area contributed by atoms with Gasteiger partial charge in [-0.1, -0.05) is 30.2 Å². The number of nitrogens with zero attached hydrogens (tertiary/aromatic N) is 1. The van der Waals surface area contributed by atoms with Gasteiger partial charge >= 0.3 is 0 Å². The third-order valence-corrected chi connectivity index (χ3v) is 5.13. The first-order valence-electron chi connectivity index (χ1n) is 7.67. The van der Waals surface area contributed by atoms with Crippen LogP contribution in [0.15, 0.2) is 18.2 Å². The van der Waals surface area contributed by atoms with Crippen LogP contribution in [0.5, 0.6) is 0 Å². The number of benzene rings is 1. The minimum absolute atomic E-state index is 0. The summed E-state index contributed by atoms with van der Waals surface area (Å²) in [6.07, 6.45) is 3.96. The lowest BCUT2D eigenvalue weighted by Crippen LogP contribution is -2.38. The highest BCUT2D eigenvalue weighted by Crippen LogP contribution is 2.36. The Bertz CT molecular complexity index is 460. The smallest absolute Gasteiger partial charge is 0.0236 e. The summed E-state index contributed by atoms with van der Waals surface area (Å²) in [6, 6.07) is 7.25. The van der Waals surface area contributed by atoms with Gasteiger partial charge in [0.05, 0.1) is 0 Å². The molecule has 2 aliphatic rings. The van der Waals surface area contributed by atoms with E-state index >= 15 is 0 Å². The number of hydrogen-bond acceptors (Lipinski definition) is 2. The van der Waals surface area contributed by atoms with Crippen molar-refractivity contribution in [3.63, 3.8) is 0 Å². The molecule has 2 nitrogen and oxygen atoms in total. The molecule has 1 aromatic rings. The predicted molar refractivity (Wildman–Crippen MR) is 87.2 cm³/mol. The first-order chi connectivity index (χ1) is 9.13. The maximum atomic E-state index is 6.30. The van der Waals surface area contributed by atoms with Crippen molar-refractivity contribution >= 4 is 12.4 Å². The van der Waals surface area contributed by atoms with E-state index < -0.39 is 0 Å². The summed E-state index contributed by atoms with van der Waals surface area (Å²) >= 11 is 0. The molecule has 0 spiro atoms. The summed E-state index contributed by atoms with van der Waals surface area (Å²) in [6.45, 7) is 7.98. The lowest BCUT2D eigenvalue weighted by Gasteiger charge is -2.29. The fourth-order valence-electron chi connectivity index (χ4n) is 3.95. The molecule has 1 aliphatic heterocycles. The Hall–Kier alpha value is -0.570. The molecule has 0 bridgehead atoms. The number of rotatable bonds is 2. The standard InChI is InChI=1S/C17H26N2.ClH/c1-12-6-7-13(2)15(8-12)10-19-9-14-4-3-5-17(18)16(14)11-19;/h6-8,14,16-17H,3-5,9-11,18H2,1-2H3;1H. The minimum Gasteiger partial charge on any atom is -0.327 e. The lowest BCUT2D eigenvalue weighted by atomic mass is 9.78. The van der Waals surface area contributed by atoms with E-state index in [0.29, 0.717) is 6.04 Å². The van der Waals surface area contributed by atoms with E-state index in [1.165, 1.54) is 49.0 Å². The largest absolute Gasteiger partial charge is 0.327 e. The van der Waals surface area contributed by atoms with Crippen molar-refractivity contribution in [3.8, 4) is 0 Å². The minimum atomic E-state index is 0. The van der Waals surface area contributed by atoms with Gasteiger partial charge in [0.25, 0.3) is 0 Å². The Kier molecular flexibility index (Phi) is 5.11. The molecular formula is C17H27ClN2. The zero-order valence-corrected chi connectivity index (χ0v) is 13.5. The van der Waals surface area contributed by atoms with Gasteiger partial charge in [-0.3, -0.25) is 4.90 Å². The quantitative estimate of drug-likeness (QED) is 0.907. The Labute approximate surface area is 129 Å². The third kappa shape index (κ3) is 3.19. The fourth-order valence-corrected chi connectivity index (χ4v) is 3.95. The van der Waals surface area contributed by atoms with E-state index in [4.69, 9.17) is 5.73 Å². The van der Waals surface area contributed by atoms with Gasteiger partial charge in [-0.2, -0.15) is 0 Å². The third-order valence-electron chi connectivity index (χ3n) is 5.13. The van der Waals surface area contributed by atoms with Gasteiger partial charge in [0.1, 0.15) is 0 Å². The van der Waals surface area contributed by atoms with Crippen molar-refractivity contribution in [2.75, 3.05) is 13.1 Å². The van der Waals surface area contributed by atoms with Crippen molar-refractivity contribution in [1.29, 1.82) is 0 Å². The first-order valence-corrected chi connectivity index (χ1v) is 7.67. The maximum absolute atomic E-state index is 6.30. The number of likely N-dealkylation sites (tertiary alicyclic amines) is 1. The fraction of sp³-hybridized carbons (Fsp3) is 0.647. The van der Waals surface area contributed by atoms with Crippen LogP contribution in [0.2, 0.25) is 0 Å². The summed E-state index contributed by atoms with van der Waals surface area (Å²) in [7, 11) is 0. The SMILES string of the molecule is Cc1ccc(C)c(CN2CC3CCCC(N)C3C2)c1.Cl. The van der Waals surface area contributed by atoms with Crippen molar-refractivity contribution in [1.82, 2.24) is 4.90 Å². The lowest BCUT2D eigenvalue weighted by molar-refractivity contribution is 0.259. The number of hydrogen-bond donors (Lipinski definition) is 1. The highest BCUT2D eigenvalue weighted by atomic mass is 35.5. The molecule has 1 aromatic carbocycles. The molecule has 2 fully saturated rings. The second-order valence-electron chi connectivity index (χ2n) is 6.64. The van der Waals surface area contributed by atoms with Crippen LogP contribution in [-0.2, 0) is 6.54 Å². The molecule has 0 aromatic heterocycles. The Morgan fingerprint density at radius 3 is 2.75 bits per heavy atom. The molecule has 20 heavy (non-hydrogen) atoms. The molecule has 2 N–H and O–H groups in total. The second kappa shape index (κ2) is 6.46. The highest BCUT2D eigenvalue weighted by Gasteiger charge is 2.38.